The molecule has 0 N–H and O–H groups in total. The van der Waals surface area contributed by atoms with Crippen LogP contribution in [0.15, 0.2) is 12.1 Å². The summed E-state index contributed by atoms with van der Waals surface area (Å²) >= 11 is 0. The van der Waals surface area contributed by atoms with Gasteiger partial charge in [0.2, 0.25) is 5.75 Å². The number of rotatable bonds is 5. The van der Waals surface area contributed by atoms with Gasteiger partial charge >= 0.3 is 5.97 Å². The second-order valence-electron chi connectivity index (χ2n) is 7.91. The van der Waals surface area contributed by atoms with Crippen molar-refractivity contribution < 1.29 is 33.3 Å². The minimum absolute atomic E-state index is 0.0180. The molecule has 32 heavy (non-hydrogen) atoms. The first-order valence-electron chi connectivity index (χ1n) is 10.3. The minimum atomic E-state index is -0.489. The Labute approximate surface area is 187 Å². The lowest BCUT2D eigenvalue weighted by molar-refractivity contribution is -0.131. The lowest BCUT2D eigenvalue weighted by Gasteiger charge is -2.35. The number of carbonyl (C=O) groups is 2. The third-order valence-electron chi connectivity index (χ3n) is 6.16. The molecule has 2 aromatic carbocycles. The summed E-state index contributed by atoms with van der Waals surface area (Å²) in [6, 6.07) is 3.55. The van der Waals surface area contributed by atoms with Gasteiger partial charge in [-0.15, -0.1) is 0 Å². The molecule has 1 heterocycles. The second kappa shape index (κ2) is 8.35. The first-order chi connectivity index (χ1) is 15.4. The fourth-order valence-electron chi connectivity index (χ4n) is 4.85. The molecule has 8 heteroatoms. The summed E-state index contributed by atoms with van der Waals surface area (Å²) in [7, 11) is 8.08. The number of esters is 1. The quantitative estimate of drug-likeness (QED) is 0.516. The van der Waals surface area contributed by atoms with Gasteiger partial charge in [-0.2, -0.15) is 0 Å². The van der Waals surface area contributed by atoms with E-state index in [9.17, 15) is 9.59 Å². The van der Waals surface area contributed by atoms with Crippen LogP contribution < -0.4 is 23.7 Å². The number of fused-ring (bicyclic) bond motifs is 2. The molecule has 0 saturated carbocycles. The largest absolute Gasteiger partial charge is 0.493 e. The Morgan fingerprint density at radius 1 is 0.938 bits per heavy atom. The number of benzene rings is 2. The van der Waals surface area contributed by atoms with Gasteiger partial charge < -0.3 is 23.7 Å². The van der Waals surface area contributed by atoms with Crippen LogP contribution >= 0.6 is 0 Å². The van der Waals surface area contributed by atoms with Crippen molar-refractivity contribution in [2.45, 2.75) is 25.8 Å². The molecule has 1 atom stereocenters. The standard InChI is InChI=1S/C24H27NO7/c1-12(26)32-22-18(29-4)10-14-16(27)11-25(2)15-8-7-13-9-17(28-3)23(30-5)24(31-6)19(13)21(22)20(14)15/h9-10,15H,7-8,11H2,1-6H3/t15-/m0/s1. The molecule has 2 aromatic rings. The maximum atomic E-state index is 13.1. The molecule has 4 rings (SSSR count). The topological polar surface area (TPSA) is 83.5 Å². The van der Waals surface area contributed by atoms with Crippen molar-refractivity contribution in [1.29, 1.82) is 0 Å². The highest BCUT2D eigenvalue weighted by molar-refractivity contribution is 6.05. The number of methoxy groups -OCH3 is 4. The highest BCUT2D eigenvalue weighted by Gasteiger charge is 2.40. The lowest BCUT2D eigenvalue weighted by Crippen LogP contribution is -2.36. The summed E-state index contributed by atoms with van der Waals surface area (Å²) in [5, 5.41) is 0. The van der Waals surface area contributed by atoms with E-state index in [0.717, 1.165) is 17.5 Å². The summed E-state index contributed by atoms with van der Waals surface area (Å²) in [5.74, 6) is 1.49. The van der Waals surface area contributed by atoms with Crippen LogP contribution in [-0.4, -0.2) is 58.7 Å². The normalized spacial score (nSPS) is 17.1. The molecule has 0 spiro atoms. The van der Waals surface area contributed by atoms with Gasteiger partial charge in [-0.05, 0) is 43.1 Å². The smallest absolute Gasteiger partial charge is 0.308 e. The van der Waals surface area contributed by atoms with Gasteiger partial charge in [0.25, 0.3) is 0 Å². The summed E-state index contributed by atoms with van der Waals surface area (Å²) in [6.45, 7) is 1.64. The number of ketones is 1. The molecule has 0 amide bonds. The predicted octanol–water partition coefficient (Wildman–Crippen LogP) is 3.43. The number of aryl methyl sites for hydroxylation is 1. The van der Waals surface area contributed by atoms with Crippen LogP contribution in [0.5, 0.6) is 28.7 Å². The molecular formula is C24H27NO7. The number of Topliss-reactive ketones (excluding diaryl/α,β-unsaturated/α-hetero) is 1. The second-order valence-corrected chi connectivity index (χ2v) is 7.91. The highest BCUT2D eigenvalue weighted by atomic mass is 16.6. The molecule has 2 aliphatic rings. The van der Waals surface area contributed by atoms with Crippen LogP contribution in [0.3, 0.4) is 0 Å². The van der Waals surface area contributed by atoms with E-state index in [1.807, 2.05) is 18.0 Å². The molecule has 1 aliphatic heterocycles. The summed E-state index contributed by atoms with van der Waals surface area (Å²) < 4.78 is 28.3. The van der Waals surface area contributed by atoms with Gasteiger partial charge in [-0.25, -0.2) is 0 Å². The van der Waals surface area contributed by atoms with Gasteiger partial charge in [0, 0.05) is 29.7 Å². The monoisotopic (exact) mass is 441 g/mol. The number of carbonyl (C=O) groups excluding carboxylic acids is 2. The number of hydrogen-bond donors (Lipinski definition) is 0. The number of ether oxygens (including phenoxy) is 5. The van der Waals surface area contributed by atoms with Crippen molar-refractivity contribution in [3.05, 3.63) is 28.8 Å². The van der Waals surface area contributed by atoms with Gasteiger partial charge in [-0.3, -0.25) is 14.5 Å². The molecule has 0 fully saturated rings. The third-order valence-corrected chi connectivity index (χ3v) is 6.16. The van der Waals surface area contributed by atoms with Crippen LogP contribution in [0.1, 0.15) is 40.9 Å². The molecule has 170 valence electrons. The van der Waals surface area contributed by atoms with Crippen molar-refractivity contribution >= 4 is 11.8 Å². The van der Waals surface area contributed by atoms with Gasteiger partial charge in [0.1, 0.15) is 0 Å². The van der Waals surface area contributed by atoms with E-state index in [0.29, 0.717) is 52.7 Å². The molecule has 0 saturated heterocycles. The lowest BCUT2D eigenvalue weighted by atomic mass is 9.84. The SMILES string of the molecule is COc1cc2c(c(OC)c1OC)-c1c(OC(C)=O)c(OC)cc3c1[C@H](CC2)N(C)CC3=O. The highest BCUT2D eigenvalue weighted by Crippen LogP contribution is 2.57. The Balaban J connectivity index is 2.21. The molecular weight excluding hydrogens is 414 g/mol. The zero-order valence-electron chi connectivity index (χ0n) is 19.2. The van der Waals surface area contributed by atoms with E-state index in [1.54, 1.807) is 20.3 Å². The van der Waals surface area contributed by atoms with Crippen molar-refractivity contribution in [2.24, 2.45) is 0 Å². The Kier molecular flexibility index (Phi) is 5.73. The van der Waals surface area contributed by atoms with Crippen molar-refractivity contribution in [1.82, 2.24) is 4.90 Å². The van der Waals surface area contributed by atoms with E-state index in [-0.39, 0.29) is 17.6 Å². The van der Waals surface area contributed by atoms with E-state index >= 15 is 0 Å². The fourth-order valence-corrected chi connectivity index (χ4v) is 4.85. The molecule has 0 aromatic heterocycles. The Bertz CT molecular complexity index is 1110. The van der Waals surface area contributed by atoms with Gasteiger partial charge in [0.15, 0.2) is 28.8 Å². The zero-order chi connectivity index (χ0) is 23.2. The van der Waals surface area contributed by atoms with E-state index in [2.05, 4.69) is 0 Å². The average molecular weight is 441 g/mol. The molecule has 8 nitrogen and oxygen atoms in total. The third kappa shape index (κ3) is 3.26. The first-order valence-corrected chi connectivity index (χ1v) is 10.3. The predicted molar refractivity (Wildman–Crippen MR) is 117 cm³/mol. The van der Waals surface area contributed by atoms with E-state index in [4.69, 9.17) is 23.7 Å². The van der Waals surface area contributed by atoms with Crippen molar-refractivity contribution in [3.8, 4) is 39.9 Å². The number of nitrogens with zero attached hydrogens (tertiary/aromatic N) is 1. The Hall–Kier alpha value is -3.26. The van der Waals surface area contributed by atoms with Crippen molar-refractivity contribution in [3.63, 3.8) is 0 Å². The molecule has 0 radical (unpaired) electrons. The average Bonchev–Trinajstić information content (AvgIpc) is 2.94. The molecule has 1 aliphatic carbocycles. The summed E-state index contributed by atoms with van der Waals surface area (Å²) in [4.78, 5) is 27.2. The van der Waals surface area contributed by atoms with Crippen LogP contribution in [0.2, 0.25) is 0 Å². The van der Waals surface area contributed by atoms with E-state index in [1.165, 1.54) is 21.1 Å². The molecule has 0 bridgehead atoms. The van der Waals surface area contributed by atoms with Gasteiger partial charge in [0.05, 0.1) is 35.0 Å². The maximum absolute atomic E-state index is 13.1. The van der Waals surface area contributed by atoms with Crippen molar-refractivity contribution in [2.75, 3.05) is 42.0 Å². The Morgan fingerprint density at radius 3 is 2.19 bits per heavy atom. The van der Waals surface area contributed by atoms with E-state index < -0.39 is 5.97 Å². The number of likely N-dealkylation sites (N-methyl/N-ethyl adjacent to an activating group) is 1. The summed E-state index contributed by atoms with van der Waals surface area (Å²) in [6.07, 6.45) is 1.46. The fraction of sp³-hybridized carbons (Fsp3) is 0.417. The zero-order valence-corrected chi connectivity index (χ0v) is 19.2. The maximum Gasteiger partial charge on any atom is 0.308 e. The first kappa shape index (κ1) is 22.0. The van der Waals surface area contributed by atoms with Crippen LogP contribution in [0.25, 0.3) is 11.1 Å². The number of hydrogen-bond acceptors (Lipinski definition) is 8. The van der Waals surface area contributed by atoms with Crippen LogP contribution in [-0.2, 0) is 11.2 Å². The summed E-state index contributed by atoms with van der Waals surface area (Å²) in [5.41, 5.74) is 3.65. The Morgan fingerprint density at radius 2 is 1.59 bits per heavy atom. The van der Waals surface area contributed by atoms with Crippen LogP contribution in [0, 0.1) is 0 Å². The minimum Gasteiger partial charge on any atom is -0.493 e. The molecule has 0 unspecified atom stereocenters. The van der Waals surface area contributed by atoms with Crippen LogP contribution in [0.4, 0.5) is 0 Å². The van der Waals surface area contributed by atoms with Gasteiger partial charge in [-0.1, -0.05) is 0 Å².